The molecule has 7 nitrogen and oxygen atoms in total. The number of amides is 4. The highest BCUT2D eigenvalue weighted by atomic mass is 16.2. The predicted octanol–water partition coefficient (Wildman–Crippen LogP) is 0.108. The minimum absolute atomic E-state index is 0.112. The quantitative estimate of drug-likeness (QED) is 0.781. The fraction of sp³-hybridized carbons (Fsp3) is 0.375. The van der Waals surface area contributed by atoms with Crippen molar-refractivity contribution >= 4 is 24.1 Å². The number of piperazine rings is 1. The van der Waals surface area contributed by atoms with E-state index in [2.05, 4.69) is 5.32 Å². The first kappa shape index (κ1) is 16.7. The lowest BCUT2D eigenvalue weighted by molar-refractivity contribution is -0.153. The van der Waals surface area contributed by atoms with E-state index in [9.17, 15) is 19.2 Å². The molecule has 0 saturated carbocycles. The topological polar surface area (TPSA) is 86.8 Å². The van der Waals surface area contributed by atoms with Crippen molar-refractivity contribution < 1.29 is 19.2 Å². The number of hydrogen-bond acceptors (Lipinski definition) is 4. The Kier molecular flexibility index (Phi) is 5.46. The molecule has 1 saturated heterocycles. The number of carbonyl (C=O) groups is 3. The summed E-state index contributed by atoms with van der Waals surface area (Å²) in [6, 6.07) is 7.52. The molecule has 1 atom stereocenters. The number of nitrogens with one attached hydrogen (secondary N) is 1. The SMILES string of the molecule is CCN1CCN(C(=O)N[C@H]([C]=O)Cc2ccccc2)C(=O)C1=O. The molecule has 7 heteroatoms. The van der Waals surface area contributed by atoms with Gasteiger partial charge in [0.1, 0.15) is 6.04 Å². The van der Waals surface area contributed by atoms with Crippen LogP contribution >= 0.6 is 0 Å². The van der Waals surface area contributed by atoms with Crippen LogP contribution in [0.3, 0.4) is 0 Å². The minimum Gasteiger partial charge on any atom is -0.333 e. The van der Waals surface area contributed by atoms with Gasteiger partial charge in [-0.1, -0.05) is 30.3 Å². The lowest BCUT2D eigenvalue weighted by Crippen LogP contribution is -2.59. The molecule has 23 heavy (non-hydrogen) atoms. The summed E-state index contributed by atoms with van der Waals surface area (Å²) in [5.74, 6) is -1.58. The molecule has 0 aliphatic carbocycles. The molecule has 1 fully saturated rings. The zero-order valence-electron chi connectivity index (χ0n) is 12.8. The van der Waals surface area contributed by atoms with Crippen molar-refractivity contribution in [3.63, 3.8) is 0 Å². The van der Waals surface area contributed by atoms with Gasteiger partial charge in [0.05, 0.1) is 0 Å². The summed E-state index contributed by atoms with van der Waals surface area (Å²) < 4.78 is 0. The fourth-order valence-corrected chi connectivity index (χ4v) is 2.37. The first-order valence-electron chi connectivity index (χ1n) is 7.39. The van der Waals surface area contributed by atoms with E-state index in [1.807, 2.05) is 30.3 Å². The lowest BCUT2D eigenvalue weighted by atomic mass is 10.1. The molecule has 121 valence electrons. The Bertz CT molecular complexity index is 603. The standard InChI is InChI=1S/C16H18N3O4/c1-2-18-8-9-19(15(22)14(18)21)16(23)17-13(11-20)10-12-6-4-3-5-7-12/h3-7,13H,2,8-10H2,1H3,(H,17,23)/t13-/m0/s1. The number of benzene rings is 1. The first-order valence-corrected chi connectivity index (χ1v) is 7.39. The molecule has 1 aliphatic heterocycles. The predicted molar refractivity (Wildman–Crippen MR) is 82.1 cm³/mol. The van der Waals surface area contributed by atoms with E-state index in [1.165, 1.54) is 4.90 Å². The monoisotopic (exact) mass is 316 g/mol. The second kappa shape index (κ2) is 7.53. The maximum Gasteiger partial charge on any atom is 0.325 e. The van der Waals surface area contributed by atoms with Gasteiger partial charge in [0.2, 0.25) is 6.29 Å². The van der Waals surface area contributed by atoms with Gasteiger partial charge in [0, 0.05) is 26.1 Å². The van der Waals surface area contributed by atoms with Crippen LogP contribution in [0.5, 0.6) is 0 Å². The van der Waals surface area contributed by atoms with Crippen LogP contribution in [0.15, 0.2) is 30.3 Å². The molecular formula is C16H18N3O4. The highest BCUT2D eigenvalue weighted by molar-refractivity contribution is 6.38. The molecule has 1 aliphatic rings. The van der Waals surface area contributed by atoms with Crippen LogP contribution in [0.1, 0.15) is 12.5 Å². The largest absolute Gasteiger partial charge is 0.333 e. The van der Waals surface area contributed by atoms with Crippen molar-refractivity contribution in [2.45, 2.75) is 19.4 Å². The van der Waals surface area contributed by atoms with Crippen LogP contribution in [-0.2, 0) is 20.8 Å². The molecule has 0 aromatic heterocycles. The number of rotatable bonds is 5. The van der Waals surface area contributed by atoms with Gasteiger partial charge < -0.3 is 10.2 Å². The summed E-state index contributed by atoms with van der Waals surface area (Å²) in [5, 5.41) is 2.44. The van der Waals surface area contributed by atoms with Gasteiger partial charge in [-0.15, -0.1) is 0 Å². The Labute approximate surface area is 134 Å². The van der Waals surface area contributed by atoms with Crippen LogP contribution < -0.4 is 5.32 Å². The fourth-order valence-electron chi connectivity index (χ4n) is 2.37. The zero-order valence-corrected chi connectivity index (χ0v) is 12.8. The van der Waals surface area contributed by atoms with Crippen LogP contribution in [0, 0.1) is 0 Å². The number of imide groups is 1. The Morgan fingerprint density at radius 2 is 1.91 bits per heavy atom. The second-order valence-electron chi connectivity index (χ2n) is 5.15. The maximum atomic E-state index is 12.2. The van der Waals surface area contributed by atoms with Crippen molar-refractivity contribution in [2.75, 3.05) is 19.6 Å². The normalized spacial score (nSPS) is 16.2. The van der Waals surface area contributed by atoms with Gasteiger partial charge in [-0.3, -0.25) is 19.3 Å². The molecule has 1 heterocycles. The molecule has 1 aromatic carbocycles. The maximum absolute atomic E-state index is 12.2. The lowest BCUT2D eigenvalue weighted by Gasteiger charge is -2.32. The van der Waals surface area contributed by atoms with Gasteiger partial charge in [-0.2, -0.15) is 0 Å². The second-order valence-corrected chi connectivity index (χ2v) is 5.15. The van der Waals surface area contributed by atoms with Crippen LogP contribution in [-0.4, -0.2) is 59.6 Å². The molecule has 1 N–H and O–H groups in total. The Morgan fingerprint density at radius 3 is 2.52 bits per heavy atom. The number of nitrogens with zero attached hydrogens (tertiary/aromatic N) is 2. The van der Waals surface area contributed by atoms with E-state index < -0.39 is 23.9 Å². The first-order chi connectivity index (χ1) is 11.1. The van der Waals surface area contributed by atoms with Crippen molar-refractivity contribution in [3.8, 4) is 0 Å². The Balaban J connectivity index is 1.98. The molecule has 0 bridgehead atoms. The van der Waals surface area contributed by atoms with Crippen molar-refractivity contribution in [3.05, 3.63) is 35.9 Å². The average molecular weight is 316 g/mol. The number of carbonyl (C=O) groups excluding carboxylic acids is 4. The summed E-state index contributed by atoms with van der Waals surface area (Å²) in [6.07, 6.45) is 2.02. The van der Waals surface area contributed by atoms with E-state index in [-0.39, 0.29) is 13.0 Å². The molecular weight excluding hydrogens is 298 g/mol. The van der Waals surface area contributed by atoms with E-state index in [0.717, 1.165) is 10.5 Å². The Morgan fingerprint density at radius 1 is 1.22 bits per heavy atom. The van der Waals surface area contributed by atoms with Gasteiger partial charge in [0.25, 0.3) is 0 Å². The number of likely N-dealkylation sites (N-methyl/N-ethyl adjacent to an activating group) is 1. The van der Waals surface area contributed by atoms with Gasteiger partial charge in [0.15, 0.2) is 0 Å². The summed E-state index contributed by atoms with van der Waals surface area (Å²) in [6.45, 7) is 2.58. The molecule has 1 aromatic rings. The molecule has 2 rings (SSSR count). The molecule has 1 radical (unpaired) electrons. The van der Waals surface area contributed by atoms with E-state index in [1.54, 1.807) is 13.2 Å². The summed E-state index contributed by atoms with van der Waals surface area (Å²) in [5.41, 5.74) is 0.861. The van der Waals surface area contributed by atoms with E-state index in [4.69, 9.17) is 0 Å². The molecule has 4 amide bonds. The van der Waals surface area contributed by atoms with Gasteiger partial charge in [-0.25, -0.2) is 4.79 Å². The van der Waals surface area contributed by atoms with Crippen molar-refractivity contribution in [1.29, 1.82) is 0 Å². The Hall–Kier alpha value is -2.70. The number of urea groups is 1. The van der Waals surface area contributed by atoms with Crippen LogP contribution in [0.4, 0.5) is 4.79 Å². The van der Waals surface area contributed by atoms with Crippen molar-refractivity contribution in [1.82, 2.24) is 15.1 Å². The third kappa shape index (κ3) is 3.94. The van der Waals surface area contributed by atoms with E-state index >= 15 is 0 Å². The van der Waals surface area contributed by atoms with Crippen molar-refractivity contribution in [2.24, 2.45) is 0 Å². The minimum atomic E-state index is -0.878. The highest BCUT2D eigenvalue weighted by Crippen LogP contribution is 2.07. The average Bonchev–Trinajstić information content (AvgIpc) is 2.57. The smallest absolute Gasteiger partial charge is 0.325 e. The summed E-state index contributed by atoms with van der Waals surface area (Å²) in [7, 11) is 0. The summed E-state index contributed by atoms with van der Waals surface area (Å²) >= 11 is 0. The van der Waals surface area contributed by atoms with Crippen LogP contribution in [0.2, 0.25) is 0 Å². The highest BCUT2D eigenvalue weighted by Gasteiger charge is 2.35. The third-order valence-electron chi connectivity index (χ3n) is 3.66. The van der Waals surface area contributed by atoms with E-state index in [0.29, 0.717) is 13.1 Å². The summed E-state index contributed by atoms with van der Waals surface area (Å²) in [4.78, 5) is 49.2. The zero-order chi connectivity index (χ0) is 16.8. The van der Waals surface area contributed by atoms with Gasteiger partial charge in [-0.05, 0) is 12.5 Å². The third-order valence-corrected chi connectivity index (χ3v) is 3.66. The molecule has 0 spiro atoms. The van der Waals surface area contributed by atoms with Gasteiger partial charge >= 0.3 is 17.8 Å². The number of hydrogen-bond donors (Lipinski definition) is 1. The van der Waals surface area contributed by atoms with Crippen LogP contribution in [0.25, 0.3) is 0 Å². The molecule has 0 unspecified atom stereocenters.